The predicted octanol–water partition coefficient (Wildman–Crippen LogP) is 3.67. The van der Waals surface area contributed by atoms with Crippen LogP contribution in [0.25, 0.3) is 0 Å². The molecule has 0 heterocycles. The van der Waals surface area contributed by atoms with Crippen molar-refractivity contribution in [3.05, 3.63) is 5.92 Å². The molecule has 0 aliphatic rings. The van der Waals surface area contributed by atoms with Crippen molar-refractivity contribution in [2.45, 2.75) is 47.5 Å². The molecular formula is C10H21+. The van der Waals surface area contributed by atoms with Crippen LogP contribution in [0.2, 0.25) is 0 Å². The van der Waals surface area contributed by atoms with Crippen LogP contribution in [0.4, 0.5) is 0 Å². The van der Waals surface area contributed by atoms with Crippen LogP contribution in [-0.4, -0.2) is 0 Å². The first-order valence-electron chi connectivity index (χ1n) is 4.33. The summed E-state index contributed by atoms with van der Waals surface area (Å²) in [6, 6.07) is 0. The van der Waals surface area contributed by atoms with Gasteiger partial charge in [-0.1, -0.05) is 27.7 Å². The van der Waals surface area contributed by atoms with E-state index in [1.165, 1.54) is 12.8 Å². The predicted molar refractivity (Wildman–Crippen MR) is 47.8 cm³/mol. The molecule has 0 N–H and O–H groups in total. The van der Waals surface area contributed by atoms with Crippen LogP contribution in [0, 0.1) is 17.8 Å². The molecule has 10 heavy (non-hydrogen) atoms. The summed E-state index contributed by atoms with van der Waals surface area (Å²) in [5.74, 6) is 3.32. The average Bonchev–Trinajstić information content (AvgIpc) is 1.58. The number of hydrogen-bond donors (Lipinski definition) is 0. The highest BCUT2D eigenvalue weighted by Gasteiger charge is 2.16. The Hall–Kier alpha value is -0.130. The van der Waals surface area contributed by atoms with E-state index in [1.807, 2.05) is 0 Å². The van der Waals surface area contributed by atoms with E-state index in [4.69, 9.17) is 0 Å². The molecule has 0 aromatic rings. The molecule has 0 aromatic carbocycles. The van der Waals surface area contributed by atoms with E-state index in [2.05, 4.69) is 34.6 Å². The van der Waals surface area contributed by atoms with E-state index in [-0.39, 0.29) is 0 Å². The summed E-state index contributed by atoms with van der Waals surface area (Å²) < 4.78 is 0. The Balaban J connectivity index is 3.34. The van der Waals surface area contributed by atoms with Gasteiger partial charge < -0.3 is 0 Å². The quantitative estimate of drug-likeness (QED) is 0.524. The topological polar surface area (TPSA) is 0 Å². The summed E-state index contributed by atoms with van der Waals surface area (Å²) >= 11 is 0. The van der Waals surface area contributed by atoms with Crippen molar-refractivity contribution in [2.24, 2.45) is 11.8 Å². The average molecular weight is 141 g/mol. The third-order valence-electron chi connectivity index (χ3n) is 1.51. The third-order valence-corrected chi connectivity index (χ3v) is 1.51. The van der Waals surface area contributed by atoms with Crippen LogP contribution in [0.15, 0.2) is 0 Å². The minimum atomic E-state index is 0.832. The summed E-state index contributed by atoms with van der Waals surface area (Å²) in [5.41, 5.74) is 0. The molecule has 0 heteroatoms. The van der Waals surface area contributed by atoms with E-state index in [1.54, 1.807) is 5.92 Å². The second-order valence-electron chi connectivity index (χ2n) is 4.15. The van der Waals surface area contributed by atoms with Crippen molar-refractivity contribution in [1.29, 1.82) is 0 Å². The fourth-order valence-electron chi connectivity index (χ4n) is 1.48. The Labute approximate surface area is 66.0 Å². The van der Waals surface area contributed by atoms with Gasteiger partial charge >= 0.3 is 0 Å². The maximum absolute atomic E-state index is 2.28. The van der Waals surface area contributed by atoms with Crippen molar-refractivity contribution in [2.75, 3.05) is 0 Å². The second-order valence-corrected chi connectivity index (χ2v) is 4.15. The molecule has 0 aliphatic carbocycles. The molecular weight excluding hydrogens is 120 g/mol. The van der Waals surface area contributed by atoms with Crippen LogP contribution < -0.4 is 0 Å². The van der Waals surface area contributed by atoms with E-state index < -0.39 is 0 Å². The van der Waals surface area contributed by atoms with Crippen LogP contribution in [0.1, 0.15) is 47.5 Å². The second kappa shape index (κ2) is 4.65. The van der Waals surface area contributed by atoms with Gasteiger partial charge in [0.2, 0.25) is 0 Å². The van der Waals surface area contributed by atoms with Crippen molar-refractivity contribution in [3.63, 3.8) is 0 Å². The Morgan fingerprint density at radius 3 is 1.40 bits per heavy atom. The van der Waals surface area contributed by atoms with E-state index in [9.17, 15) is 0 Å². The molecule has 0 bridgehead atoms. The molecule has 0 radical (unpaired) electrons. The van der Waals surface area contributed by atoms with Gasteiger partial charge in [0.15, 0.2) is 0 Å². The van der Waals surface area contributed by atoms with Crippen LogP contribution in [0.5, 0.6) is 0 Å². The Morgan fingerprint density at radius 2 is 1.20 bits per heavy atom. The molecule has 60 valence electrons. The van der Waals surface area contributed by atoms with Crippen LogP contribution >= 0.6 is 0 Å². The van der Waals surface area contributed by atoms with E-state index in [0.717, 1.165) is 11.8 Å². The van der Waals surface area contributed by atoms with Gasteiger partial charge in [-0.05, 0) is 11.8 Å². The highest BCUT2D eigenvalue weighted by molar-refractivity contribution is 4.85. The van der Waals surface area contributed by atoms with Gasteiger partial charge in [0, 0.05) is 0 Å². The van der Waals surface area contributed by atoms with E-state index >= 15 is 0 Å². The van der Waals surface area contributed by atoms with Gasteiger partial charge in [0.1, 0.15) is 0 Å². The molecule has 0 saturated carbocycles. The third kappa shape index (κ3) is 6.00. The molecule has 0 aromatic heterocycles. The Bertz CT molecular complexity index is 62.1. The molecule has 0 rings (SSSR count). The molecule has 0 unspecified atom stereocenters. The number of hydrogen-bond acceptors (Lipinski definition) is 0. The monoisotopic (exact) mass is 141 g/mol. The minimum Gasteiger partial charge on any atom is -0.0587 e. The number of rotatable bonds is 4. The molecule has 0 fully saturated rings. The van der Waals surface area contributed by atoms with Gasteiger partial charge in [0.25, 0.3) is 0 Å². The summed E-state index contributed by atoms with van der Waals surface area (Å²) in [6.45, 7) is 11.4. The van der Waals surface area contributed by atoms with Gasteiger partial charge in [-0.25, -0.2) is 0 Å². The molecule has 0 nitrogen and oxygen atoms in total. The largest absolute Gasteiger partial charge is 0.0920 e. The SMILES string of the molecule is C[C+](CC(C)C)CC(C)C. The van der Waals surface area contributed by atoms with Crippen molar-refractivity contribution >= 4 is 0 Å². The highest BCUT2D eigenvalue weighted by Crippen LogP contribution is 2.20. The lowest BCUT2D eigenvalue weighted by atomic mass is 9.91. The Morgan fingerprint density at radius 1 is 0.900 bits per heavy atom. The standard InChI is InChI=1S/C10H21/c1-8(2)6-10(5)7-9(3)4/h8-9H,6-7H2,1-5H3/q+1. The fourth-order valence-corrected chi connectivity index (χ4v) is 1.48. The summed E-state index contributed by atoms with van der Waals surface area (Å²) in [6.07, 6.45) is 2.61. The van der Waals surface area contributed by atoms with Gasteiger partial charge in [0.05, 0.1) is 25.7 Å². The van der Waals surface area contributed by atoms with Crippen LogP contribution in [-0.2, 0) is 0 Å². The fraction of sp³-hybridized carbons (Fsp3) is 0.900. The van der Waals surface area contributed by atoms with Gasteiger partial charge in [-0.2, -0.15) is 0 Å². The molecule has 0 spiro atoms. The maximum atomic E-state index is 2.28. The molecule has 0 amide bonds. The molecule has 0 atom stereocenters. The zero-order valence-corrected chi connectivity index (χ0v) is 8.07. The van der Waals surface area contributed by atoms with Gasteiger partial charge in [-0.15, -0.1) is 0 Å². The minimum absolute atomic E-state index is 0.832. The highest BCUT2D eigenvalue weighted by atomic mass is 14.1. The van der Waals surface area contributed by atoms with E-state index in [0.29, 0.717) is 0 Å². The van der Waals surface area contributed by atoms with Crippen molar-refractivity contribution in [1.82, 2.24) is 0 Å². The van der Waals surface area contributed by atoms with Crippen LogP contribution in [0.3, 0.4) is 0 Å². The van der Waals surface area contributed by atoms with Crippen molar-refractivity contribution < 1.29 is 0 Å². The summed E-state index contributed by atoms with van der Waals surface area (Å²) in [4.78, 5) is 0. The lowest BCUT2D eigenvalue weighted by Crippen LogP contribution is -2.01. The zero-order chi connectivity index (χ0) is 8.15. The summed E-state index contributed by atoms with van der Waals surface area (Å²) in [5, 5.41) is 0. The Kier molecular flexibility index (Phi) is 4.59. The normalized spacial score (nSPS) is 11.1. The zero-order valence-electron chi connectivity index (χ0n) is 8.07. The first kappa shape index (κ1) is 9.87. The van der Waals surface area contributed by atoms with Crippen molar-refractivity contribution in [3.8, 4) is 0 Å². The first-order valence-corrected chi connectivity index (χ1v) is 4.33. The van der Waals surface area contributed by atoms with Gasteiger partial charge in [-0.3, -0.25) is 0 Å². The maximum Gasteiger partial charge on any atom is 0.0920 e. The molecule has 0 aliphatic heterocycles. The molecule has 0 saturated heterocycles. The lowest BCUT2D eigenvalue weighted by molar-refractivity contribution is 0.514. The first-order chi connectivity index (χ1) is 4.52. The smallest absolute Gasteiger partial charge is 0.0587 e. The summed E-state index contributed by atoms with van der Waals surface area (Å²) in [7, 11) is 0. The lowest BCUT2D eigenvalue weighted by Gasteiger charge is -2.05.